The molecule has 0 aromatic rings. The lowest BCUT2D eigenvalue weighted by Gasteiger charge is -2.39. The van der Waals surface area contributed by atoms with Gasteiger partial charge >= 0.3 is 0 Å². The van der Waals surface area contributed by atoms with Gasteiger partial charge in [-0.3, -0.25) is 0 Å². The van der Waals surface area contributed by atoms with Crippen molar-refractivity contribution in [3.63, 3.8) is 0 Å². The second kappa shape index (κ2) is 8.53. The Hall–Kier alpha value is -0.0800. The van der Waals surface area contributed by atoms with Crippen LogP contribution in [0, 0.1) is 11.8 Å². The molecule has 0 radical (unpaired) electrons. The van der Waals surface area contributed by atoms with E-state index in [0.29, 0.717) is 6.10 Å². The van der Waals surface area contributed by atoms with E-state index in [1.807, 2.05) is 0 Å². The lowest BCUT2D eigenvalue weighted by molar-refractivity contribution is 0.0102. The molecule has 0 bridgehead atoms. The third-order valence-electron chi connectivity index (χ3n) is 6.22. The molecule has 3 rings (SSSR count). The molecule has 1 aliphatic heterocycles. The molecule has 3 unspecified atom stereocenters. The molecule has 2 heteroatoms. The first kappa shape index (κ1) is 15.8. The summed E-state index contributed by atoms with van der Waals surface area (Å²) < 4.78 is 5.87. The number of hydrogen-bond acceptors (Lipinski definition) is 2. The topological polar surface area (TPSA) is 21.3 Å². The summed E-state index contributed by atoms with van der Waals surface area (Å²) in [5.74, 6) is 2.01. The van der Waals surface area contributed by atoms with Crippen LogP contribution in [0.3, 0.4) is 0 Å². The van der Waals surface area contributed by atoms with Gasteiger partial charge in [-0.15, -0.1) is 0 Å². The maximum Gasteiger partial charge on any atom is 0.0587 e. The second-order valence-corrected chi connectivity index (χ2v) is 7.68. The van der Waals surface area contributed by atoms with E-state index in [2.05, 4.69) is 5.32 Å². The van der Waals surface area contributed by atoms with Crippen molar-refractivity contribution in [2.24, 2.45) is 11.8 Å². The average molecular weight is 293 g/mol. The molecule has 3 atom stereocenters. The smallest absolute Gasteiger partial charge is 0.0587 e. The van der Waals surface area contributed by atoms with Crippen LogP contribution in [0.15, 0.2) is 0 Å². The molecular formula is C19H35NO. The molecule has 0 aromatic heterocycles. The Morgan fingerprint density at radius 2 is 1.52 bits per heavy atom. The Balaban J connectivity index is 1.42. The quantitative estimate of drug-likeness (QED) is 0.795. The Bertz CT molecular complexity index is 281. The summed E-state index contributed by atoms with van der Waals surface area (Å²) in [6.45, 7) is 2.18. The minimum atomic E-state index is 0.544. The van der Waals surface area contributed by atoms with Gasteiger partial charge < -0.3 is 10.1 Å². The third kappa shape index (κ3) is 4.69. The van der Waals surface area contributed by atoms with Crippen molar-refractivity contribution in [1.29, 1.82) is 0 Å². The van der Waals surface area contributed by atoms with Gasteiger partial charge in [-0.25, -0.2) is 0 Å². The maximum absolute atomic E-state index is 5.87. The maximum atomic E-state index is 5.87. The van der Waals surface area contributed by atoms with E-state index in [0.717, 1.165) is 24.5 Å². The fourth-order valence-corrected chi connectivity index (χ4v) is 5.00. The first-order valence-electron chi connectivity index (χ1n) is 9.78. The highest BCUT2D eigenvalue weighted by molar-refractivity contribution is 4.87. The molecule has 3 fully saturated rings. The lowest BCUT2D eigenvalue weighted by Crippen LogP contribution is -2.43. The normalized spacial score (nSPS) is 35.7. The van der Waals surface area contributed by atoms with Crippen molar-refractivity contribution >= 4 is 0 Å². The summed E-state index contributed by atoms with van der Waals surface area (Å²) in [6, 6.07) is 0.811. The molecule has 2 aliphatic carbocycles. The zero-order valence-electron chi connectivity index (χ0n) is 13.8. The first-order valence-corrected chi connectivity index (χ1v) is 9.78. The van der Waals surface area contributed by atoms with Gasteiger partial charge in [0.2, 0.25) is 0 Å². The molecular weight excluding hydrogens is 258 g/mol. The Labute approximate surface area is 131 Å². The van der Waals surface area contributed by atoms with E-state index in [1.165, 1.54) is 90.0 Å². The molecule has 0 amide bonds. The zero-order chi connectivity index (χ0) is 14.3. The van der Waals surface area contributed by atoms with Gasteiger partial charge in [0.1, 0.15) is 0 Å². The SMILES string of the molecule is C1CCC(C2CCCCC2NCCC2CCCCO2)CC1. The van der Waals surface area contributed by atoms with Crippen molar-refractivity contribution in [3.8, 4) is 0 Å². The molecule has 0 aromatic carbocycles. The van der Waals surface area contributed by atoms with Crippen molar-refractivity contribution in [2.75, 3.05) is 13.2 Å². The molecule has 2 nitrogen and oxygen atoms in total. The number of rotatable bonds is 5. The molecule has 1 heterocycles. The van der Waals surface area contributed by atoms with Crippen LogP contribution in [0.1, 0.15) is 83.5 Å². The van der Waals surface area contributed by atoms with Gasteiger partial charge in [0, 0.05) is 12.6 Å². The molecule has 1 saturated heterocycles. The second-order valence-electron chi connectivity index (χ2n) is 7.68. The van der Waals surface area contributed by atoms with E-state index < -0.39 is 0 Å². The fourth-order valence-electron chi connectivity index (χ4n) is 5.00. The summed E-state index contributed by atoms with van der Waals surface area (Å²) in [5, 5.41) is 3.94. The van der Waals surface area contributed by atoms with Crippen molar-refractivity contribution in [1.82, 2.24) is 5.32 Å². The van der Waals surface area contributed by atoms with Crippen LogP contribution in [0.25, 0.3) is 0 Å². The average Bonchev–Trinajstić information content (AvgIpc) is 2.57. The first-order chi connectivity index (χ1) is 10.4. The van der Waals surface area contributed by atoms with Crippen molar-refractivity contribution < 1.29 is 4.74 Å². The number of hydrogen-bond donors (Lipinski definition) is 1. The van der Waals surface area contributed by atoms with E-state index >= 15 is 0 Å². The highest BCUT2D eigenvalue weighted by Gasteiger charge is 2.32. The minimum absolute atomic E-state index is 0.544. The summed E-state index contributed by atoms with van der Waals surface area (Å²) in [7, 11) is 0. The summed E-state index contributed by atoms with van der Waals surface area (Å²) in [5.41, 5.74) is 0. The van der Waals surface area contributed by atoms with Crippen LogP contribution in [0.4, 0.5) is 0 Å². The summed E-state index contributed by atoms with van der Waals surface area (Å²) in [4.78, 5) is 0. The Morgan fingerprint density at radius 3 is 2.33 bits per heavy atom. The predicted molar refractivity (Wildman–Crippen MR) is 88.5 cm³/mol. The largest absolute Gasteiger partial charge is 0.378 e. The highest BCUT2D eigenvalue weighted by Crippen LogP contribution is 2.38. The van der Waals surface area contributed by atoms with Crippen LogP contribution < -0.4 is 5.32 Å². The summed E-state index contributed by atoms with van der Waals surface area (Å²) in [6.07, 6.45) is 19.0. The standard InChI is InChI=1S/C19H35NO/c1-2-8-16(9-3-1)18-11-4-5-12-19(18)20-14-13-17-10-6-7-15-21-17/h16-20H,1-15H2. The van der Waals surface area contributed by atoms with Crippen molar-refractivity contribution in [3.05, 3.63) is 0 Å². The number of ether oxygens (including phenoxy) is 1. The Kier molecular flexibility index (Phi) is 6.42. The van der Waals surface area contributed by atoms with Crippen LogP contribution in [0.5, 0.6) is 0 Å². The summed E-state index contributed by atoms with van der Waals surface area (Å²) >= 11 is 0. The minimum Gasteiger partial charge on any atom is -0.378 e. The van der Waals surface area contributed by atoms with Crippen molar-refractivity contribution in [2.45, 2.75) is 95.6 Å². The van der Waals surface area contributed by atoms with Crippen LogP contribution in [-0.2, 0) is 4.74 Å². The molecule has 2 saturated carbocycles. The Morgan fingerprint density at radius 1 is 0.762 bits per heavy atom. The van der Waals surface area contributed by atoms with E-state index in [4.69, 9.17) is 4.74 Å². The molecule has 21 heavy (non-hydrogen) atoms. The van der Waals surface area contributed by atoms with Gasteiger partial charge in [-0.2, -0.15) is 0 Å². The van der Waals surface area contributed by atoms with Gasteiger partial charge in [0.15, 0.2) is 0 Å². The van der Waals surface area contributed by atoms with E-state index in [-0.39, 0.29) is 0 Å². The number of nitrogens with one attached hydrogen (secondary N) is 1. The van der Waals surface area contributed by atoms with Gasteiger partial charge in [0.05, 0.1) is 6.10 Å². The van der Waals surface area contributed by atoms with Gasteiger partial charge in [0.25, 0.3) is 0 Å². The molecule has 122 valence electrons. The zero-order valence-corrected chi connectivity index (χ0v) is 13.8. The van der Waals surface area contributed by atoms with Crippen LogP contribution in [-0.4, -0.2) is 25.3 Å². The lowest BCUT2D eigenvalue weighted by atomic mass is 9.71. The van der Waals surface area contributed by atoms with Crippen LogP contribution in [0.2, 0.25) is 0 Å². The van der Waals surface area contributed by atoms with E-state index in [9.17, 15) is 0 Å². The fraction of sp³-hybridized carbons (Fsp3) is 1.00. The van der Waals surface area contributed by atoms with Crippen LogP contribution >= 0.6 is 0 Å². The van der Waals surface area contributed by atoms with Gasteiger partial charge in [-0.05, 0) is 56.9 Å². The van der Waals surface area contributed by atoms with Gasteiger partial charge in [-0.1, -0.05) is 44.9 Å². The molecule has 3 aliphatic rings. The predicted octanol–water partition coefficient (Wildman–Crippen LogP) is 4.67. The third-order valence-corrected chi connectivity index (χ3v) is 6.22. The molecule has 1 N–H and O–H groups in total. The monoisotopic (exact) mass is 293 g/mol. The molecule has 0 spiro atoms. The van der Waals surface area contributed by atoms with E-state index in [1.54, 1.807) is 0 Å². The highest BCUT2D eigenvalue weighted by atomic mass is 16.5.